The molecule has 8 heteroatoms. The average molecular weight is 388 g/mol. The number of nitrogens with zero attached hydrogens (tertiary/aromatic N) is 1. The van der Waals surface area contributed by atoms with Gasteiger partial charge in [-0.15, -0.1) is 0 Å². The summed E-state index contributed by atoms with van der Waals surface area (Å²) in [6, 6.07) is 5.83. The fraction of sp³-hybridized carbons (Fsp3) is 0.588. The summed E-state index contributed by atoms with van der Waals surface area (Å²) in [6.45, 7) is 5.32. The van der Waals surface area contributed by atoms with Gasteiger partial charge in [0.2, 0.25) is 0 Å². The number of benzene rings is 1. The highest BCUT2D eigenvalue weighted by molar-refractivity contribution is 7.96. The number of sulfone groups is 2. The smallest absolute Gasteiger partial charge is 0.253 e. The van der Waals surface area contributed by atoms with E-state index in [9.17, 15) is 21.6 Å². The summed E-state index contributed by atoms with van der Waals surface area (Å²) in [4.78, 5) is 14.4. The van der Waals surface area contributed by atoms with Gasteiger partial charge >= 0.3 is 0 Å². The first-order valence-electron chi connectivity index (χ1n) is 8.55. The second-order valence-corrected chi connectivity index (χ2v) is 10.8. The van der Waals surface area contributed by atoms with E-state index in [1.54, 1.807) is 4.90 Å². The molecule has 6 nitrogen and oxygen atoms in total. The van der Waals surface area contributed by atoms with Gasteiger partial charge in [0.25, 0.3) is 5.91 Å². The van der Waals surface area contributed by atoms with Crippen LogP contribution in [0.2, 0.25) is 0 Å². The molecule has 1 unspecified atom stereocenters. The van der Waals surface area contributed by atoms with Crippen LogP contribution in [0.25, 0.3) is 0 Å². The van der Waals surface area contributed by atoms with Gasteiger partial charge in [-0.05, 0) is 43.5 Å². The van der Waals surface area contributed by atoms with Crippen LogP contribution in [0.4, 0.5) is 0 Å². The van der Waals surface area contributed by atoms with Crippen LogP contribution < -0.4 is 0 Å². The minimum atomic E-state index is -3.70. The normalized spacial score (nSPS) is 19.7. The van der Waals surface area contributed by atoms with Crippen LogP contribution in [0.5, 0.6) is 0 Å². The van der Waals surface area contributed by atoms with Crippen molar-refractivity contribution in [3.63, 3.8) is 0 Å². The molecular weight excluding hydrogens is 362 g/mol. The third-order valence-electron chi connectivity index (χ3n) is 4.33. The van der Waals surface area contributed by atoms with Crippen LogP contribution in [0.15, 0.2) is 29.2 Å². The maximum atomic E-state index is 12.6. The van der Waals surface area contributed by atoms with Crippen LogP contribution in [0.1, 0.15) is 43.5 Å². The molecule has 1 aromatic carbocycles. The molecule has 1 aliphatic heterocycles. The van der Waals surface area contributed by atoms with Crippen molar-refractivity contribution in [2.75, 3.05) is 24.6 Å². The van der Waals surface area contributed by atoms with Gasteiger partial charge in [0.15, 0.2) is 19.7 Å². The Balaban J connectivity index is 2.20. The van der Waals surface area contributed by atoms with E-state index in [-0.39, 0.29) is 28.7 Å². The fourth-order valence-electron chi connectivity index (χ4n) is 3.02. The lowest BCUT2D eigenvalue weighted by Crippen LogP contribution is -2.32. The molecule has 1 amide bonds. The average Bonchev–Trinajstić information content (AvgIpc) is 2.95. The summed E-state index contributed by atoms with van der Waals surface area (Å²) in [6.07, 6.45) is 1.84. The number of carbonyl (C=O) groups is 1. The second kappa shape index (κ2) is 7.86. The zero-order valence-electron chi connectivity index (χ0n) is 14.6. The Bertz CT molecular complexity index is 807. The van der Waals surface area contributed by atoms with Gasteiger partial charge < -0.3 is 4.90 Å². The van der Waals surface area contributed by atoms with Crippen molar-refractivity contribution >= 4 is 25.6 Å². The van der Waals surface area contributed by atoms with E-state index in [2.05, 4.69) is 0 Å². The first kappa shape index (κ1) is 19.9. The summed E-state index contributed by atoms with van der Waals surface area (Å²) in [5, 5.41) is -0.893. The lowest BCUT2D eigenvalue weighted by Gasteiger charge is -2.21. The number of carbonyl (C=O) groups excluding carboxylic acids is 1. The Morgan fingerprint density at radius 2 is 1.68 bits per heavy atom. The topological polar surface area (TPSA) is 88.6 Å². The van der Waals surface area contributed by atoms with Gasteiger partial charge in [0.05, 0.1) is 21.7 Å². The second-order valence-electron chi connectivity index (χ2n) is 6.39. The number of hydrogen-bond donors (Lipinski definition) is 0. The molecule has 1 heterocycles. The van der Waals surface area contributed by atoms with E-state index < -0.39 is 24.9 Å². The Kier molecular flexibility index (Phi) is 6.26. The predicted molar refractivity (Wildman–Crippen MR) is 97.2 cm³/mol. The molecule has 0 spiro atoms. The van der Waals surface area contributed by atoms with Gasteiger partial charge in [-0.2, -0.15) is 0 Å². The van der Waals surface area contributed by atoms with Crippen molar-refractivity contribution in [3.8, 4) is 0 Å². The van der Waals surface area contributed by atoms with Gasteiger partial charge in [-0.1, -0.05) is 13.8 Å². The molecule has 25 heavy (non-hydrogen) atoms. The maximum Gasteiger partial charge on any atom is 0.253 e. The molecule has 2 rings (SSSR count). The summed E-state index contributed by atoms with van der Waals surface area (Å²) in [7, 11) is -6.97. The van der Waals surface area contributed by atoms with E-state index in [4.69, 9.17) is 0 Å². The van der Waals surface area contributed by atoms with Gasteiger partial charge in [-0.3, -0.25) is 4.79 Å². The summed E-state index contributed by atoms with van der Waals surface area (Å²) < 4.78 is 48.3. The summed E-state index contributed by atoms with van der Waals surface area (Å²) in [5.74, 6) is -0.524. The van der Waals surface area contributed by atoms with Gasteiger partial charge in [0.1, 0.15) is 0 Å². The molecule has 0 N–H and O–H groups in total. The van der Waals surface area contributed by atoms with Gasteiger partial charge in [-0.25, -0.2) is 16.8 Å². The fourth-order valence-corrected chi connectivity index (χ4v) is 7.38. The molecule has 1 saturated heterocycles. The third kappa shape index (κ3) is 4.61. The Morgan fingerprint density at radius 1 is 1.12 bits per heavy atom. The zero-order valence-corrected chi connectivity index (χ0v) is 16.3. The first-order chi connectivity index (χ1) is 11.7. The van der Waals surface area contributed by atoms with Crippen LogP contribution in [0, 0.1) is 0 Å². The molecule has 0 bridgehead atoms. The van der Waals surface area contributed by atoms with Crippen molar-refractivity contribution in [2.45, 2.75) is 43.3 Å². The Hall–Kier alpha value is -1.41. The van der Waals surface area contributed by atoms with Crippen molar-refractivity contribution in [1.29, 1.82) is 0 Å². The minimum absolute atomic E-state index is 0.0729. The Morgan fingerprint density at radius 3 is 2.12 bits per heavy atom. The van der Waals surface area contributed by atoms with Crippen molar-refractivity contribution in [3.05, 3.63) is 29.8 Å². The number of rotatable bonds is 7. The SMILES string of the molecule is CCCN(CCC)C(=O)c1ccc(S(=O)(=O)C2CCS(=O)(=O)C2)cc1. The molecule has 0 saturated carbocycles. The molecule has 1 aromatic rings. The molecule has 1 atom stereocenters. The summed E-state index contributed by atoms with van der Waals surface area (Å²) in [5.41, 5.74) is 0.444. The number of amides is 1. The van der Waals surface area contributed by atoms with Crippen molar-refractivity contribution < 1.29 is 21.6 Å². The van der Waals surface area contributed by atoms with Gasteiger partial charge in [0, 0.05) is 18.7 Å². The van der Waals surface area contributed by atoms with E-state index in [0.29, 0.717) is 18.7 Å². The maximum absolute atomic E-state index is 12.6. The highest BCUT2D eigenvalue weighted by Crippen LogP contribution is 2.25. The lowest BCUT2D eigenvalue weighted by atomic mass is 10.2. The van der Waals surface area contributed by atoms with E-state index in [0.717, 1.165) is 12.8 Å². The third-order valence-corrected chi connectivity index (χ3v) is 8.52. The van der Waals surface area contributed by atoms with Crippen LogP contribution in [-0.4, -0.2) is 57.5 Å². The molecule has 140 valence electrons. The highest BCUT2D eigenvalue weighted by atomic mass is 32.2. The monoisotopic (exact) mass is 387 g/mol. The van der Waals surface area contributed by atoms with Crippen LogP contribution >= 0.6 is 0 Å². The molecule has 0 radical (unpaired) electrons. The van der Waals surface area contributed by atoms with E-state index in [1.807, 2.05) is 13.8 Å². The minimum Gasteiger partial charge on any atom is -0.339 e. The molecule has 1 aliphatic rings. The zero-order chi connectivity index (χ0) is 18.7. The molecule has 0 aromatic heterocycles. The molecular formula is C17H25NO5S2. The molecule has 1 fully saturated rings. The number of hydrogen-bond acceptors (Lipinski definition) is 5. The highest BCUT2D eigenvalue weighted by Gasteiger charge is 2.38. The Labute approximate surface area is 150 Å². The quantitative estimate of drug-likeness (QED) is 0.713. The van der Waals surface area contributed by atoms with E-state index >= 15 is 0 Å². The summed E-state index contributed by atoms with van der Waals surface area (Å²) >= 11 is 0. The van der Waals surface area contributed by atoms with Crippen LogP contribution in [0.3, 0.4) is 0 Å². The van der Waals surface area contributed by atoms with E-state index in [1.165, 1.54) is 24.3 Å². The predicted octanol–water partition coefficient (Wildman–Crippen LogP) is 1.91. The standard InChI is InChI=1S/C17H25NO5S2/c1-3-10-18(11-4-2)17(19)14-5-7-15(8-6-14)25(22,23)16-9-12-24(20,21)13-16/h5-8,16H,3-4,9-13H2,1-2H3. The van der Waals surface area contributed by atoms with Crippen molar-refractivity contribution in [2.24, 2.45) is 0 Å². The largest absolute Gasteiger partial charge is 0.339 e. The van der Waals surface area contributed by atoms with Crippen molar-refractivity contribution in [1.82, 2.24) is 4.90 Å². The van der Waals surface area contributed by atoms with Crippen LogP contribution in [-0.2, 0) is 19.7 Å². The first-order valence-corrected chi connectivity index (χ1v) is 11.9. The molecule has 0 aliphatic carbocycles. The lowest BCUT2D eigenvalue weighted by molar-refractivity contribution is 0.0755.